The van der Waals surface area contributed by atoms with Gasteiger partial charge < -0.3 is 9.67 Å². The highest BCUT2D eigenvalue weighted by atomic mass is 16.4. The molecular weight excluding hydrogens is 262 g/mol. The summed E-state index contributed by atoms with van der Waals surface area (Å²) in [4.78, 5) is 11.2. The molecule has 1 aliphatic rings. The summed E-state index contributed by atoms with van der Waals surface area (Å²) in [5.41, 5.74) is 6.16. The lowest BCUT2D eigenvalue weighted by molar-refractivity contribution is -0.136. The molecule has 1 aromatic carbocycles. The highest BCUT2D eigenvalue weighted by molar-refractivity contribution is 5.92. The van der Waals surface area contributed by atoms with Crippen molar-refractivity contribution in [2.24, 2.45) is 5.92 Å². The molecule has 21 heavy (non-hydrogen) atoms. The van der Waals surface area contributed by atoms with E-state index >= 15 is 0 Å². The Morgan fingerprint density at radius 1 is 1.38 bits per heavy atom. The summed E-state index contributed by atoms with van der Waals surface area (Å²) < 4.78 is 2.32. The lowest BCUT2D eigenvalue weighted by Crippen LogP contribution is -2.09. The first-order valence-corrected chi connectivity index (χ1v) is 7.82. The van der Waals surface area contributed by atoms with Crippen LogP contribution in [0.3, 0.4) is 0 Å². The van der Waals surface area contributed by atoms with E-state index in [1.807, 2.05) is 0 Å². The predicted molar refractivity (Wildman–Crippen MR) is 84.9 cm³/mol. The molecular formula is C18H23NO2. The number of carboxylic acid groups (broad SMARTS) is 1. The minimum Gasteiger partial charge on any atom is -0.481 e. The number of aryl methyl sites for hydroxylation is 2. The van der Waals surface area contributed by atoms with Gasteiger partial charge in [0, 0.05) is 17.6 Å². The fourth-order valence-corrected chi connectivity index (χ4v) is 3.70. The van der Waals surface area contributed by atoms with Gasteiger partial charge in [-0.2, -0.15) is 0 Å². The molecule has 0 aliphatic carbocycles. The van der Waals surface area contributed by atoms with Crippen LogP contribution in [0.4, 0.5) is 0 Å². The molecule has 3 rings (SSSR count). The van der Waals surface area contributed by atoms with Crippen LogP contribution in [-0.4, -0.2) is 15.6 Å². The summed E-state index contributed by atoms with van der Waals surface area (Å²) in [7, 11) is 0. The lowest BCUT2D eigenvalue weighted by atomic mass is 9.94. The first-order valence-electron chi connectivity index (χ1n) is 7.82. The zero-order valence-corrected chi connectivity index (χ0v) is 13.1. The van der Waals surface area contributed by atoms with Gasteiger partial charge in [0.05, 0.1) is 11.9 Å². The topological polar surface area (TPSA) is 42.2 Å². The van der Waals surface area contributed by atoms with Crippen molar-refractivity contribution in [1.29, 1.82) is 0 Å². The third kappa shape index (κ3) is 2.45. The number of nitrogens with zero attached hydrogens (tertiary/aromatic N) is 1. The number of benzene rings is 1. The smallest absolute Gasteiger partial charge is 0.307 e. The van der Waals surface area contributed by atoms with E-state index in [1.165, 1.54) is 22.0 Å². The van der Waals surface area contributed by atoms with Crippen LogP contribution in [0.25, 0.3) is 10.9 Å². The molecule has 0 saturated heterocycles. The van der Waals surface area contributed by atoms with Crippen molar-refractivity contribution < 1.29 is 9.90 Å². The van der Waals surface area contributed by atoms with Gasteiger partial charge in [-0.1, -0.05) is 19.9 Å². The van der Waals surface area contributed by atoms with E-state index in [1.54, 1.807) is 0 Å². The van der Waals surface area contributed by atoms with Crippen LogP contribution in [-0.2, 0) is 30.6 Å². The number of hydrogen-bond donors (Lipinski definition) is 1. The Morgan fingerprint density at radius 3 is 2.81 bits per heavy atom. The molecule has 0 atom stereocenters. The summed E-state index contributed by atoms with van der Waals surface area (Å²) in [5.74, 6) is -0.128. The number of carbonyl (C=O) groups is 1. The summed E-state index contributed by atoms with van der Waals surface area (Å²) in [6, 6.07) is 4.56. The van der Waals surface area contributed by atoms with E-state index in [0.29, 0.717) is 5.92 Å². The highest BCUT2D eigenvalue weighted by Gasteiger charge is 2.22. The van der Waals surface area contributed by atoms with Crippen LogP contribution >= 0.6 is 0 Å². The van der Waals surface area contributed by atoms with Crippen molar-refractivity contribution in [3.8, 4) is 0 Å². The first kappa shape index (κ1) is 14.2. The Labute approximate surface area is 125 Å². The average molecular weight is 285 g/mol. The van der Waals surface area contributed by atoms with Gasteiger partial charge in [0.25, 0.3) is 0 Å². The number of hydrogen-bond acceptors (Lipinski definition) is 1. The molecule has 0 radical (unpaired) electrons. The highest BCUT2D eigenvalue weighted by Crippen LogP contribution is 2.34. The van der Waals surface area contributed by atoms with E-state index in [0.717, 1.165) is 37.1 Å². The van der Waals surface area contributed by atoms with E-state index in [2.05, 4.69) is 37.5 Å². The van der Waals surface area contributed by atoms with E-state index in [-0.39, 0.29) is 6.42 Å². The standard InChI is InChI=1S/C18H23NO2/c1-11(2)7-13-8-14-5-4-6-19-12(3)15(10-17(20)21)16(9-13)18(14)19/h8-9,11H,4-7,10H2,1-3H3,(H,20,21). The quantitative estimate of drug-likeness (QED) is 0.930. The Bertz CT molecular complexity index is 710. The SMILES string of the molecule is Cc1c(CC(=O)O)c2cc(CC(C)C)cc3c2n1CCC3. The molecule has 1 aromatic heterocycles. The molecule has 2 aromatic rings. The van der Waals surface area contributed by atoms with Crippen molar-refractivity contribution in [3.05, 3.63) is 34.5 Å². The molecule has 0 bridgehead atoms. The normalized spacial score (nSPS) is 14.1. The number of aliphatic carboxylic acids is 1. The summed E-state index contributed by atoms with van der Waals surface area (Å²) >= 11 is 0. The summed E-state index contributed by atoms with van der Waals surface area (Å²) in [6.45, 7) is 7.53. The molecule has 1 N–H and O–H groups in total. The second-order valence-electron chi connectivity index (χ2n) is 6.64. The van der Waals surface area contributed by atoms with Gasteiger partial charge in [-0.05, 0) is 54.9 Å². The monoisotopic (exact) mass is 285 g/mol. The van der Waals surface area contributed by atoms with Crippen molar-refractivity contribution in [2.45, 2.75) is 53.0 Å². The van der Waals surface area contributed by atoms with Crippen LogP contribution < -0.4 is 0 Å². The molecule has 3 nitrogen and oxygen atoms in total. The third-order valence-corrected chi connectivity index (χ3v) is 4.49. The Morgan fingerprint density at radius 2 is 2.14 bits per heavy atom. The Kier molecular flexibility index (Phi) is 3.52. The van der Waals surface area contributed by atoms with E-state index in [4.69, 9.17) is 0 Å². The maximum Gasteiger partial charge on any atom is 0.307 e. The molecule has 0 saturated carbocycles. The van der Waals surface area contributed by atoms with Gasteiger partial charge in [-0.25, -0.2) is 0 Å². The largest absolute Gasteiger partial charge is 0.481 e. The molecule has 0 spiro atoms. The molecule has 2 heterocycles. The predicted octanol–water partition coefficient (Wildman–Crippen LogP) is 3.72. The maximum atomic E-state index is 11.2. The second-order valence-corrected chi connectivity index (χ2v) is 6.64. The van der Waals surface area contributed by atoms with Crippen molar-refractivity contribution in [2.75, 3.05) is 0 Å². The van der Waals surface area contributed by atoms with Crippen molar-refractivity contribution >= 4 is 16.9 Å². The molecule has 0 unspecified atom stereocenters. The van der Waals surface area contributed by atoms with Gasteiger partial charge in [-0.15, -0.1) is 0 Å². The number of carboxylic acids is 1. The molecule has 3 heteroatoms. The van der Waals surface area contributed by atoms with Gasteiger partial charge in [-0.3, -0.25) is 4.79 Å². The fraction of sp³-hybridized carbons (Fsp3) is 0.500. The summed E-state index contributed by atoms with van der Waals surface area (Å²) in [6.07, 6.45) is 3.44. The minimum atomic E-state index is -0.743. The van der Waals surface area contributed by atoms with Crippen LogP contribution in [0.15, 0.2) is 12.1 Å². The van der Waals surface area contributed by atoms with Crippen LogP contribution in [0.2, 0.25) is 0 Å². The van der Waals surface area contributed by atoms with Crippen LogP contribution in [0, 0.1) is 12.8 Å². The van der Waals surface area contributed by atoms with E-state index < -0.39 is 5.97 Å². The second kappa shape index (κ2) is 5.21. The van der Waals surface area contributed by atoms with Crippen LogP contribution in [0.1, 0.15) is 42.7 Å². The van der Waals surface area contributed by atoms with Gasteiger partial charge in [0.15, 0.2) is 0 Å². The first-order chi connectivity index (χ1) is 9.97. The molecule has 112 valence electrons. The Hall–Kier alpha value is -1.77. The Balaban J connectivity index is 2.24. The zero-order chi connectivity index (χ0) is 15.1. The van der Waals surface area contributed by atoms with Gasteiger partial charge >= 0.3 is 5.97 Å². The number of rotatable bonds is 4. The third-order valence-electron chi connectivity index (χ3n) is 4.49. The van der Waals surface area contributed by atoms with Crippen LogP contribution in [0.5, 0.6) is 0 Å². The minimum absolute atomic E-state index is 0.125. The lowest BCUT2D eigenvalue weighted by Gasteiger charge is -2.18. The zero-order valence-electron chi connectivity index (χ0n) is 13.1. The maximum absolute atomic E-state index is 11.2. The van der Waals surface area contributed by atoms with Gasteiger partial charge in [0.2, 0.25) is 0 Å². The molecule has 0 fully saturated rings. The van der Waals surface area contributed by atoms with Crippen molar-refractivity contribution in [1.82, 2.24) is 4.57 Å². The summed E-state index contributed by atoms with van der Waals surface area (Å²) in [5, 5.41) is 10.4. The fourth-order valence-electron chi connectivity index (χ4n) is 3.70. The van der Waals surface area contributed by atoms with Crippen molar-refractivity contribution in [3.63, 3.8) is 0 Å². The molecule has 1 aliphatic heterocycles. The number of aromatic nitrogens is 1. The van der Waals surface area contributed by atoms with Gasteiger partial charge in [0.1, 0.15) is 0 Å². The molecule has 0 amide bonds. The average Bonchev–Trinajstić information content (AvgIpc) is 2.65. The van der Waals surface area contributed by atoms with E-state index in [9.17, 15) is 9.90 Å².